The number of carbonyl (C=O) groups is 1. The molecule has 0 aliphatic carbocycles. The van der Waals surface area contributed by atoms with Gasteiger partial charge in [0.15, 0.2) is 0 Å². The van der Waals surface area contributed by atoms with E-state index < -0.39 is 10.0 Å². The molecule has 0 fully saturated rings. The molecule has 10 heteroatoms. The van der Waals surface area contributed by atoms with E-state index in [1.807, 2.05) is 26.0 Å². The molecule has 0 spiro atoms. The van der Waals surface area contributed by atoms with Crippen LogP contribution in [0.3, 0.4) is 0 Å². The lowest BCUT2D eigenvalue weighted by atomic mass is 10.0. The number of hydrogen-bond donors (Lipinski definition) is 2. The van der Waals surface area contributed by atoms with Gasteiger partial charge >= 0.3 is 0 Å². The molecule has 0 aliphatic rings. The molecule has 1 heterocycles. The summed E-state index contributed by atoms with van der Waals surface area (Å²) in [5.41, 5.74) is 3.08. The maximum atomic E-state index is 13.2. The van der Waals surface area contributed by atoms with Gasteiger partial charge in [-0.25, -0.2) is 8.42 Å². The zero-order valence-electron chi connectivity index (χ0n) is 17.9. The van der Waals surface area contributed by atoms with Gasteiger partial charge in [-0.2, -0.15) is 8.75 Å². The Hall–Kier alpha value is -3.01. The van der Waals surface area contributed by atoms with Gasteiger partial charge < -0.3 is 5.32 Å². The van der Waals surface area contributed by atoms with Crippen LogP contribution in [-0.2, 0) is 10.0 Å². The van der Waals surface area contributed by atoms with Crippen molar-refractivity contribution < 1.29 is 13.2 Å². The van der Waals surface area contributed by atoms with Crippen molar-refractivity contribution in [2.24, 2.45) is 0 Å². The second-order valence-corrected chi connectivity index (χ2v) is 10.3. The maximum absolute atomic E-state index is 13.2. The summed E-state index contributed by atoms with van der Waals surface area (Å²) in [6, 6.07) is 17.2. The highest BCUT2D eigenvalue weighted by Gasteiger charge is 2.23. The summed E-state index contributed by atoms with van der Waals surface area (Å²) in [6.07, 6.45) is 0. The molecule has 1 aromatic heterocycles. The van der Waals surface area contributed by atoms with Crippen molar-refractivity contribution in [3.8, 4) is 0 Å². The zero-order chi connectivity index (χ0) is 23.6. The monoisotopic (exact) mass is 500 g/mol. The molecule has 4 rings (SSSR count). The van der Waals surface area contributed by atoms with E-state index >= 15 is 0 Å². The molecule has 0 unspecified atom stereocenters. The van der Waals surface area contributed by atoms with Crippen LogP contribution < -0.4 is 10.0 Å². The van der Waals surface area contributed by atoms with Gasteiger partial charge in [0.25, 0.3) is 15.9 Å². The molecule has 0 saturated heterocycles. The number of hydrogen-bond acceptors (Lipinski definition) is 6. The van der Waals surface area contributed by atoms with Crippen molar-refractivity contribution in [1.29, 1.82) is 0 Å². The molecule has 0 aliphatic heterocycles. The molecule has 0 radical (unpaired) electrons. The Morgan fingerprint density at radius 1 is 1.09 bits per heavy atom. The number of aryl methyl sites for hydroxylation is 1. The Morgan fingerprint density at radius 2 is 1.85 bits per heavy atom. The lowest BCUT2D eigenvalue weighted by Gasteiger charge is -2.16. The first kappa shape index (κ1) is 23.2. The van der Waals surface area contributed by atoms with Gasteiger partial charge in [0.1, 0.15) is 15.9 Å². The highest BCUT2D eigenvalue weighted by atomic mass is 35.5. The van der Waals surface area contributed by atoms with E-state index in [4.69, 9.17) is 11.6 Å². The minimum Gasteiger partial charge on any atom is -0.351 e. The SMILES string of the molecule is Cc1ccc(C(=O)NC[C@@H](C)c2ccc(Cl)cc2)c(NS(=O)(=O)c2cccc3nsnc23)c1. The average Bonchev–Trinajstić information content (AvgIpc) is 3.26. The van der Waals surface area contributed by atoms with E-state index in [0.717, 1.165) is 22.9 Å². The van der Waals surface area contributed by atoms with Gasteiger partial charge in [0.2, 0.25) is 0 Å². The van der Waals surface area contributed by atoms with Crippen LogP contribution in [0.2, 0.25) is 5.02 Å². The first-order valence-electron chi connectivity index (χ1n) is 10.1. The number of carbonyl (C=O) groups excluding carboxylic acids is 1. The fourth-order valence-corrected chi connectivity index (χ4v) is 5.35. The van der Waals surface area contributed by atoms with Crippen molar-refractivity contribution in [2.45, 2.75) is 24.7 Å². The number of rotatable bonds is 7. The lowest BCUT2D eigenvalue weighted by Crippen LogP contribution is -2.28. The predicted octanol–water partition coefficient (Wildman–Crippen LogP) is 4.99. The Kier molecular flexibility index (Phi) is 6.64. The largest absolute Gasteiger partial charge is 0.351 e. The number of aromatic nitrogens is 2. The van der Waals surface area contributed by atoms with Crippen molar-refractivity contribution in [2.75, 3.05) is 11.3 Å². The van der Waals surface area contributed by atoms with Crippen molar-refractivity contribution >= 4 is 56.0 Å². The molecular formula is C23H21ClN4O3S2. The Labute approximate surface area is 201 Å². The fraction of sp³-hybridized carbons (Fsp3) is 0.174. The highest BCUT2D eigenvalue weighted by Crippen LogP contribution is 2.26. The van der Waals surface area contributed by atoms with Gasteiger partial charge in [0, 0.05) is 11.6 Å². The minimum absolute atomic E-state index is 0.0120. The number of halogens is 1. The first-order chi connectivity index (χ1) is 15.7. The summed E-state index contributed by atoms with van der Waals surface area (Å²) in [5.74, 6) is -0.325. The van der Waals surface area contributed by atoms with Gasteiger partial charge in [0.05, 0.1) is 23.0 Å². The molecule has 170 valence electrons. The number of amides is 1. The number of fused-ring (bicyclic) bond motifs is 1. The molecule has 0 bridgehead atoms. The topological polar surface area (TPSA) is 101 Å². The van der Waals surface area contributed by atoms with Crippen LogP contribution in [0.5, 0.6) is 0 Å². The summed E-state index contributed by atoms with van der Waals surface area (Å²) < 4.78 is 37.1. The average molecular weight is 501 g/mol. The minimum atomic E-state index is -4.00. The molecule has 33 heavy (non-hydrogen) atoms. The molecule has 4 aromatic rings. The van der Waals surface area contributed by atoms with Crippen molar-refractivity contribution in [1.82, 2.24) is 14.1 Å². The number of nitrogens with one attached hydrogen (secondary N) is 2. The number of benzene rings is 3. The second-order valence-electron chi connectivity index (χ2n) is 7.71. The normalized spacial score (nSPS) is 12.5. The van der Waals surface area contributed by atoms with Crippen LogP contribution in [0, 0.1) is 6.92 Å². The van der Waals surface area contributed by atoms with E-state index in [9.17, 15) is 13.2 Å². The van der Waals surface area contributed by atoms with Gasteiger partial charge in [-0.05, 0) is 60.4 Å². The molecular weight excluding hydrogens is 480 g/mol. The van der Waals surface area contributed by atoms with Crippen molar-refractivity contribution in [3.63, 3.8) is 0 Å². The smallest absolute Gasteiger partial charge is 0.264 e. The molecule has 1 atom stereocenters. The van der Waals surface area contributed by atoms with Crippen LogP contribution in [0.4, 0.5) is 5.69 Å². The van der Waals surface area contributed by atoms with E-state index in [0.29, 0.717) is 22.6 Å². The lowest BCUT2D eigenvalue weighted by molar-refractivity contribution is 0.0952. The Bertz CT molecular complexity index is 1420. The third-order valence-corrected chi connectivity index (χ3v) is 7.40. The van der Waals surface area contributed by atoms with Gasteiger partial charge in [-0.3, -0.25) is 9.52 Å². The third kappa shape index (κ3) is 5.16. The zero-order valence-corrected chi connectivity index (χ0v) is 20.3. The molecule has 1 amide bonds. The summed E-state index contributed by atoms with van der Waals surface area (Å²) in [7, 11) is -4.00. The number of sulfonamides is 1. The number of nitrogens with zero attached hydrogens (tertiary/aromatic N) is 2. The van der Waals surface area contributed by atoms with Crippen LogP contribution in [-0.4, -0.2) is 29.6 Å². The van der Waals surface area contributed by atoms with Crippen LogP contribution in [0.25, 0.3) is 11.0 Å². The summed E-state index contributed by atoms with van der Waals surface area (Å²) >= 11 is 6.89. The van der Waals surface area contributed by atoms with Gasteiger partial charge in [-0.15, -0.1) is 0 Å². The fourth-order valence-electron chi connectivity index (χ4n) is 3.39. The quantitative estimate of drug-likeness (QED) is 0.372. The van der Waals surface area contributed by atoms with E-state index in [2.05, 4.69) is 18.8 Å². The van der Waals surface area contributed by atoms with Gasteiger partial charge in [-0.1, -0.05) is 42.8 Å². The summed E-state index contributed by atoms with van der Waals surface area (Å²) in [5, 5.41) is 3.54. The molecule has 0 saturated carbocycles. The van der Waals surface area contributed by atoms with Crippen LogP contribution in [0.1, 0.15) is 34.3 Å². The summed E-state index contributed by atoms with van der Waals surface area (Å²) in [4.78, 5) is 13.0. The van der Waals surface area contributed by atoms with Crippen LogP contribution in [0.15, 0.2) is 65.6 Å². The second kappa shape index (κ2) is 9.46. The highest BCUT2D eigenvalue weighted by molar-refractivity contribution is 7.93. The third-order valence-electron chi connectivity index (χ3n) is 5.21. The molecule has 2 N–H and O–H groups in total. The maximum Gasteiger partial charge on any atom is 0.264 e. The number of anilines is 1. The van der Waals surface area contributed by atoms with E-state index in [-0.39, 0.29) is 28.0 Å². The van der Waals surface area contributed by atoms with Crippen molar-refractivity contribution in [3.05, 3.63) is 82.4 Å². The summed E-state index contributed by atoms with van der Waals surface area (Å²) in [6.45, 7) is 4.20. The van der Waals surface area contributed by atoms with E-state index in [1.54, 1.807) is 42.5 Å². The Morgan fingerprint density at radius 3 is 2.61 bits per heavy atom. The Balaban J connectivity index is 1.56. The standard InChI is InChI=1S/C23H21ClN4O3S2/c1-14-6-11-18(23(29)25-13-15(2)16-7-9-17(24)10-8-16)20(12-14)28-33(30,31)21-5-3-4-19-22(21)27-32-26-19/h3-12,15,28H,13H2,1-2H3,(H,25,29)/t15-/m1/s1. The predicted molar refractivity (Wildman–Crippen MR) is 132 cm³/mol. The van der Waals surface area contributed by atoms with E-state index in [1.165, 1.54) is 6.07 Å². The first-order valence-corrected chi connectivity index (χ1v) is 12.7. The molecule has 3 aromatic carbocycles. The van der Waals surface area contributed by atoms with Crippen LogP contribution >= 0.6 is 23.3 Å². The molecule has 7 nitrogen and oxygen atoms in total.